The van der Waals surface area contributed by atoms with Crippen LogP contribution in [0, 0.1) is 6.92 Å². The highest BCUT2D eigenvalue weighted by atomic mass is 32.1. The summed E-state index contributed by atoms with van der Waals surface area (Å²) in [4.78, 5) is 28.3. The average molecular weight is 486 g/mol. The van der Waals surface area contributed by atoms with Crippen molar-refractivity contribution in [1.29, 1.82) is 0 Å². The van der Waals surface area contributed by atoms with Gasteiger partial charge in [-0.3, -0.25) is 4.79 Å². The van der Waals surface area contributed by atoms with Gasteiger partial charge in [0.1, 0.15) is 16.3 Å². The molecule has 0 saturated carbocycles. The topological polar surface area (TPSA) is 106 Å². The van der Waals surface area contributed by atoms with Crippen LogP contribution in [0.1, 0.15) is 68.3 Å². The molecule has 7 nitrogen and oxygen atoms in total. The zero-order valence-corrected chi connectivity index (χ0v) is 21.0. The lowest BCUT2D eigenvalue weighted by atomic mass is 9.94. The van der Waals surface area contributed by atoms with Gasteiger partial charge in [-0.05, 0) is 71.1 Å². The molecule has 2 aromatic heterocycles. The van der Waals surface area contributed by atoms with Crippen LogP contribution in [-0.4, -0.2) is 32.7 Å². The molecule has 0 bridgehead atoms. The van der Waals surface area contributed by atoms with E-state index in [0.717, 1.165) is 36.4 Å². The predicted octanol–water partition coefficient (Wildman–Crippen LogP) is 6.31. The van der Waals surface area contributed by atoms with Crippen LogP contribution in [0.5, 0.6) is 11.5 Å². The zero-order valence-electron chi connectivity index (χ0n) is 20.2. The maximum absolute atomic E-state index is 12.3. The van der Waals surface area contributed by atoms with E-state index in [1.165, 1.54) is 16.9 Å². The Morgan fingerprint density at radius 1 is 1.09 bits per heavy atom. The molecule has 0 spiro atoms. The van der Waals surface area contributed by atoms with Crippen LogP contribution in [0.4, 0.5) is 0 Å². The molecule has 2 N–H and O–H groups in total. The second-order valence-corrected chi connectivity index (χ2v) is 10.3. The number of carboxylic acid groups (broad SMARTS) is 2. The van der Waals surface area contributed by atoms with Gasteiger partial charge < -0.3 is 19.7 Å². The van der Waals surface area contributed by atoms with Gasteiger partial charge >= 0.3 is 5.97 Å². The number of aryl methyl sites for hydroxylation is 3. The molecular weight excluding hydrogens is 454 g/mol. The van der Waals surface area contributed by atoms with Crippen LogP contribution in [0.2, 0.25) is 0 Å². The molecule has 1 aromatic carbocycles. The molecule has 0 amide bonds. The minimum Gasteiger partial charge on any atom is -0.481 e. The summed E-state index contributed by atoms with van der Waals surface area (Å²) in [6, 6.07) is 9.50. The fourth-order valence-electron chi connectivity index (χ4n) is 3.98. The Hall–Kier alpha value is -2.97. The van der Waals surface area contributed by atoms with Crippen molar-refractivity contribution in [2.24, 2.45) is 0 Å². The Morgan fingerprint density at radius 3 is 2.29 bits per heavy atom. The smallest absolute Gasteiger partial charge is 0.337 e. The number of carboxylic acids is 2. The van der Waals surface area contributed by atoms with Crippen molar-refractivity contribution in [3.63, 3.8) is 0 Å². The third-order valence-corrected chi connectivity index (χ3v) is 6.39. The molecule has 0 radical (unpaired) electrons. The molecule has 4 rings (SSSR count). The van der Waals surface area contributed by atoms with E-state index in [0.29, 0.717) is 22.8 Å². The van der Waals surface area contributed by atoms with E-state index in [4.69, 9.17) is 24.4 Å². The Kier molecular flexibility index (Phi) is 7.94. The minimum atomic E-state index is -1.17. The van der Waals surface area contributed by atoms with Gasteiger partial charge in [0.15, 0.2) is 6.10 Å². The number of aromatic nitrogens is 1. The van der Waals surface area contributed by atoms with Gasteiger partial charge in [-0.2, -0.15) is 0 Å². The van der Waals surface area contributed by atoms with Crippen LogP contribution in [0.3, 0.4) is 0 Å². The van der Waals surface area contributed by atoms with Gasteiger partial charge in [-0.25, -0.2) is 9.78 Å². The largest absolute Gasteiger partial charge is 0.481 e. The highest BCUT2D eigenvalue weighted by molar-refractivity contribution is 7.18. The maximum atomic E-state index is 12.3. The number of para-hydroxylation sites is 1. The number of benzene rings is 1. The second-order valence-electron chi connectivity index (χ2n) is 9.21. The number of fused-ring (bicyclic) bond motifs is 3. The van der Waals surface area contributed by atoms with Gasteiger partial charge in [-0.1, -0.05) is 18.2 Å². The molecule has 1 aliphatic carbocycles. The van der Waals surface area contributed by atoms with E-state index >= 15 is 0 Å². The molecule has 0 fully saturated rings. The summed E-state index contributed by atoms with van der Waals surface area (Å²) < 4.78 is 12.4. The van der Waals surface area contributed by atoms with E-state index in [-0.39, 0.29) is 0 Å². The number of pyridine rings is 1. The molecule has 3 aromatic rings. The van der Waals surface area contributed by atoms with Crippen LogP contribution in [0.15, 0.2) is 30.3 Å². The fourth-order valence-corrected chi connectivity index (χ4v) is 5.29. The van der Waals surface area contributed by atoms with E-state index in [1.54, 1.807) is 11.3 Å². The first kappa shape index (κ1) is 25.6. The molecule has 0 saturated heterocycles. The molecule has 8 heteroatoms. The summed E-state index contributed by atoms with van der Waals surface area (Å²) in [5.74, 6) is -0.641. The van der Waals surface area contributed by atoms with Crippen LogP contribution >= 0.6 is 11.3 Å². The summed E-state index contributed by atoms with van der Waals surface area (Å²) in [6.45, 7) is 8.49. The molecular formula is C26H31NO6S. The zero-order chi connectivity index (χ0) is 25.0. The van der Waals surface area contributed by atoms with Crippen LogP contribution in [0.25, 0.3) is 10.2 Å². The van der Waals surface area contributed by atoms with Crippen LogP contribution < -0.4 is 4.74 Å². The summed E-state index contributed by atoms with van der Waals surface area (Å²) in [5, 5.41) is 18.4. The lowest BCUT2D eigenvalue weighted by molar-refractivity contribution is -0.160. The maximum Gasteiger partial charge on any atom is 0.337 e. The number of rotatable bonds is 5. The molecule has 2 heterocycles. The van der Waals surface area contributed by atoms with E-state index < -0.39 is 23.6 Å². The summed E-state index contributed by atoms with van der Waals surface area (Å²) >= 11 is 1.70. The van der Waals surface area contributed by atoms with Gasteiger partial charge in [0, 0.05) is 17.5 Å². The van der Waals surface area contributed by atoms with Crippen molar-refractivity contribution in [1.82, 2.24) is 4.98 Å². The van der Waals surface area contributed by atoms with Crippen molar-refractivity contribution < 1.29 is 29.3 Å². The standard InChI is InChI=1S/C24H27NO4S.C2H4O2/c1-14-18(21(23(26)27)29-24(2,3)4)20(28-15-10-6-5-7-11-15)19-16-12-8-9-13-17(16)30-22(19)25-14;1-2(3)4/h5-7,10-11,21H,8-9,12-13H2,1-4H3,(H,26,27);1H3,(H,3,4). The van der Waals surface area contributed by atoms with Gasteiger partial charge in [0.25, 0.3) is 5.97 Å². The van der Waals surface area contributed by atoms with Crippen molar-refractivity contribution in [2.75, 3.05) is 0 Å². The first-order chi connectivity index (χ1) is 16.0. The van der Waals surface area contributed by atoms with Crippen molar-refractivity contribution in [3.8, 4) is 11.5 Å². The van der Waals surface area contributed by atoms with E-state index in [1.807, 2.05) is 58.0 Å². The number of hydrogen-bond donors (Lipinski definition) is 2. The van der Waals surface area contributed by atoms with E-state index in [2.05, 4.69) is 0 Å². The number of nitrogens with zero attached hydrogens (tertiary/aromatic N) is 1. The highest BCUT2D eigenvalue weighted by Gasteiger charge is 2.34. The normalized spacial score (nSPS) is 14.0. The lowest BCUT2D eigenvalue weighted by Crippen LogP contribution is -2.28. The van der Waals surface area contributed by atoms with Gasteiger partial charge in [0.2, 0.25) is 0 Å². The molecule has 182 valence electrons. The van der Waals surface area contributed by atoms with Crippen LogP contribution in [-0.2, 0) is 27.2 Å². The van der Waals surface area contributed by atoms with Gasteiger partial charge in [-0.15, -0.1) is 11.3 Å². The lowest BCUT2D eigenvalue weighted by Gasteiger charge is -2.27. The number of ether oxygens (including phenoxy) is 2. The minimum absolute atomic E-state index is 0.500. The Morgan fingerprint density at radius 2 is 1.71 bits per heavy atom. The molecule has 34 heavy (non-hydrogen) atoms. The Bertz CT molecular complexity index is 1180. The third kappa shape index (κ3) is 6.12. The number of thiophene rings is 1. The van der Waals surface area contributed by atoms with Gasteiger partial charge in [0.05, 0.1) is 16.6 Å². The summed E-state index contributed by atoms with van der Waals surface area (Å²) in [7, 11) is 0. The Labute approximate surface area is 203 Å². The number of hydrogen-bond acceptors (Lipinski definition) is 6. The summed E-state index contributed by atoms with van der Waals surface area (Å²) in [6.07, 6.45) is 3.12. The number of carbonyl (C=O) groups is 2. The average Bonchev–Trinajstić information content (AvgIpc) is 3.10. The fraction of sp³-hybridized carbons (Fsp3) is 0.423. The first-order valence-corrected chi connectivity index (χ1v) is 12.1. The number of aliphatic carboxylic acids is 2. The quantitative estimate of drug-likeness (QED) is 0.436. The Balaban J connectivity index is 0.000000751. The SMILES string of the molecule is CC(=O)O.Cc1nc2sc3c(c2c(Oc2ccccc2)c1C(OC(C)(C)C)C(=O)O)CCCC3. The molecule has 1 unspecified atom stereocenters. The monoisotopic (exact) mass is 485 g/mol. The van der Waals surface area contributed by atoms with Crippen molar-refractivity contribution >= 4 is 33.5 Å². The molecule has 1 atom stereocenters. The summed E-state index contributed by atoms with van der Waals surface area (Å²) in [5.41, 5.74) is 1.74. The predicted molar refractivity (Wildman–Crippen MR) is 132 cm³/mol. The highest BCUT2D eigenvalue weighted by Crippen LogP contribution is 2.46. The third-order valence-electron chi connectivity index (χ3n) is 5.20. The van der Waals surface area contributed by atoms with Crippen molar-refractivity contribution in [3.05, 3.63) is 52.0 Å². The first-order valence-electron chi connectivity index (χ1n) is 11.3. The van der Waals surface area contributed by atoms with E-state index in [9.17, 15) is 9.90 Å². The molecule has 1 aliphatic rings. The van der Waals surface area contributed by atoms with Crippen molar-refractivity contribution in [2.45, 2.75) is 72.0 Å². The second kappa shape index (κ2) is 10.5. The molecule has 0 aliphatic heterocycles.